The lowest BCUT2D eigenvalue weighted by atomic mass is 9.82. The highest BCUT2D eigenvalue weighted by Gasteiger charge is 2.35. The molecule has 0 aliphatic heterocycles. The summed E-state index contributed by atoms with van der Waals surface area (Å²) in [5.41, 5.74) is 1.55. The maximum Gasteiger partial charge on any atom is 0.341 e. The molecule has 0 atom stereocenters. The fourth-order valence-corrected chi connectivity index (χ4v) is 3.59. The summed E-state index contributed by atoms with van der Waals surface area (Å²) in [5.74, 6) is -3.64. The van der Waals surface area contributed by atoms with E-state index in [1.54, 1.807) is 12.1 Å². The van der Waals surface area contributed by atoms with Crippen LogP contribution in [-0.2, 0) is 0 Å². The van der Waals surface area contributed by atoms with Gasteiger partial charge in [-0.25, -0.2) is 23.1 Å². The van der Waals surface area contributed by atoms with Crippen LogP contribution in [0.5, 0.6) is 0 Å². The van der Waals surface area contributed by atoms with E-state index in [2.05, 4.69) is 10.1 Å². The van der Waals surface area contributed by atoms with E-state index in [9.17, 15) is 23.5 Å². The molecular formula is C19H17F2N3O3. The molecule has 1 aromatic carbocycles. The van der Waals surface area contributed by atoms with Crippen LogP contribution in [0.1, 0.15) is 47.5 Å². The van der Waals surface area contributed by atoms with Crippen LogP contribution in [0.3, 0.4) is 0 Å². The van der Waals surface area contributed by atoms with Gasteiger partial charge in [0.2, 0.25) is 5.92 Å². The van der Waals surface area contributed by atoms with Crippen molar-refractivity contribution >= 4 is 11.6 Å². The van der Waals surface area contributed by atoms with Crippen LogP contribution in [0.4, 0.5) is 8.78 Å². The Labute approximate surface area is 152 Å². The summed E-state index contributed by atoms with van der Waals surface area (Å²) < 4.78 is 27.7. The van der Waals surface area contributed by atoms with Gasteiger partial charge in [-0.1, -0.05) is 24.3 Å². The molecule has 3 aromatic rings. The third-order valence-electron chi connectivity index (χ3n) is 5.12. The number of carbonyl (C=O) groups is 1. The van der Waals surface area contributed by atoms with Gasteiger partial charge in [0.05, 0.1) is 5.69 Å². The normalized spacial score (nSPS) is 17.3. The van der Waals surface area contributed by atoms with Gasteiger partial charge in [0.1, 0.15) is 5.56 Å². The van der Waals surface area contributed by atoms with E-state index in [4.69, 9.17) is 0 Å². The molecule has 2 aromatic heterocycles. The summed E-state index contributed by atoms with van der Waals surface area (Å²) in [6, 6.07) is 8.62. The smallest absolute Gasteiger partial charge is 0.341 e. The molecule has 0 radical (unpaired) electrons. The van der Waals surface area contributed by atoms with Crippen LogP contribution in [-0.4, -0.2) is 31.6 Å². The molecule has 2 heterocycles. The van der Waals surface area contributed by atoms with Crippen molar-refractivity contribution in [1.29, 1.82) is 0 Å². The van der Waals surface area contributed by atoms with Gasteiger partial charge in [0.25, 0.3) is 5.56 Å². The van der Waals surface area contributed by atoms with Crippen molar-refractivity contribution in [2.45, 2.75) is 37.5 Å². The predicted octanol–water partition coefficient (Wildman–Crippen LogP) is 3.68. The summed E-state index contributed by atoms with van der Waals surface area (Å²) >= 11 is 0. The van der Waals surface area contributed by atoms with E-state index < -0.39 is 17.5 Å². The minimum Gasteiger partial charge on any atom is -0.477 e. The Hall–Kier alpha value is -3.03. The van der Waals surface area contributed by atoms with Gasteiger partial charge in [-0.3, -0.25) is 9.89 Å². The van der Waals surface area contributed by atoms with Crippen LogP contribution >= 0.6 is 0 Å². The first-order valence-electron chi connectivity index (χ1n) is 8.67. The molecule has 0 amide bonds. The molecule has 1 saturated carbocycles. The molecule has 4 rings (SSSR count). The summed E-state index contributed by atoms with van der Waals surface area (Å²) in [4.78, 5) is 27.8. The molecule has 0 bridgehead atoms. The second-order valence-electron chi connectivity index (χ2n) is 6.88. The topological polar surface area (TPSA) is 87.5 Å². The van der Waals surface area contributed by atoms with Crippen LogP contribution in [0.2, 0.25) is 0 Å². The fraction of sp³-hybridized carbons (Fsp3) is 0.316. The van der Waals surface area contributed by atoms with Crippen molar-refractivity contribution in [3.05, 3.63) is 58.0 Å². The maximum atomic E-state index is 13.3. The Morgan fingerprint density at radius 1 is 1.22 bits per heavy atom. The number of halogens is 2. The highest BCUT2D eigenvalue weighted by atomic mass is 19.3. The molecule has 0 unspecified atom stereocenters. The summed E-state index contributed by atoms with van der Waals surface area (Å²) in [5, 5.41) is 11.8. The number of rotatable bonds is 3. The Balaban J connectivity index is 1.65. The molecule has 140 valence electrons. The number of hydrogen-bond donors (Lipinski definition) is 2. The molecule has 6 nitrogen and oxygen atoms in total. The Kier molecular flexibility index (Phi) is 4.05. The molecule has 0 saturated heterocycles. The lowest BCUT2D eigenvalue weighted by Crippen LogP contribution is -2.23. The zero-order valence-electron chi connectivity index (χ0n) is 14.3. The number of aromatic carboxylic acids is 1. The van der Waals surface area contributed by atoms with Gasteiger partial charge in [-0.15, -0.1) is 0 Å². The van der Waals surface area contributed by atoms with Crippen molar-refractivity contribution in [2.75, 3.05) is 0 Å². The van der Waals surface area contributed by atoms with Crippen LogP contribution in [0, 0.1) is 0 Å². The number of aromatic amines is 1. The third kappa shape index (κ3) is 3.22. The number of fused-ring (bicyclic) bond motifs is 1. The number of nitrogens with one attached hydrogen (secondary N) is 1. The number of nitrogens with zero attached hydrogens (tertiary/aromatic N) is 2. The third-order valence-corrected chi connectivity index (χ3v) is 5.12. The first kappa shape index (κ1) is 17.4. The van der Waals surface area contributed by atoms with Gasteiger partial charge >= 0.3 is 5.97 Å². The molecule has 2 N–H and O–H groups in total. The largest absolute Gasteiger partial charge is 0.477 e. The van der Waals surface area contributed by atoms with Crippen molar-refractivity contribution < 1.29 is 18.7 Å². The number of carboxylic acids is 1. The van der Waals surface area contributed by atoms with E-state index >= 15 is 0 Å². The average molecular weight is 373 g/mol. The zero-order valence-corrected chi connectivity index (χ0v) is 14.3. The molecule has 1 aliphatic rings. The highest BCUT2D eigenvalue weighted by molar-refractivity contribution is 5.94. The number of aromatic nitrogens is 3. The first-order chi connectivity index (χ1) is 12.8. The molecule has 0 spiro atoms. The predicted molar refractivity (Wildman–Crippen MR) is 94.4 cm³/mol. The number of alkyl halides is 2. The van der Waals surface area contributed by atoms with Gasteiger partial charge < -0.3 is 5.11 Å². The summed E-state index contributed by atoms with van der Waals surface area (Å²) in [7, 11) is 0. The van der Waals surface area contributed by atoms with Gasteiger partial charge in [0, 0.05) is 30.7 Å². The van der Waals surface area contributed by atoms with E-state index in [0.717, 1.165) is 10.1 Å². The second kappa shape index (κ2) is 6.29. The SMILES string of the molecule is O=C(O)c1c[nH]n2c(=O)cc(-c3ccc(C4CCC(F)(F)CC4)cc3)nc12. The minimum atomic E-state index is -2.56. The Morgan fingerprint density at radius 2 is 1.89 bits per heavy atom. The summed E-state index contributed by atoms with van der Waals surface area (Å²) in [6.07, 6.45) is 1.92. The number of carboxylic acid groups (broad SMARTS) is 1. The quantitative estimate of drug-likeness (QED) is 0.733. The van der Waals surface area contributed by atoms with Crippen molar-refractivity contribution in [2.24, 2.45) is 0 Å². The molecule has 8 heteroatoms. The molecule has 27 heavy (non-hydrogen) atoms. The van der Waals surface area contributed by atoms with Crippen LogP contribution < -0.4 is 5.56 Å². The number of benzene rings is 1. The lowest BCUT2D eigenvalue weighted by Gasteiger charge is -2.28. The zero-order chi connectivity index (χ0) is 19.2. The van der Waals surface area contributed by atoms with Gasteiger partial charge in [-0.05, 0) is 24.3 Å². The highest BCUT2D eigenvalue weighted by Crippen LogP contribution is 2.41. The lowest BCUT2D eigenvalue weighted by molar-refractivity contribution is -0.0382. The summed E-state index contributed by atoms with van der Waals surface area (Å²) in [6.45, 7) is 0. The maximum absolute atomic E-state index is 13.3. The van der Waals surface area contributed by atoms with Crippen LogP contribution in [0.15, 0.2) is 41.3 Å². The fourth-order valence-electron chi connectivity index (χ4n) is 3.59. The number of H-pyrrole nitrogens is 1. The number of hydrogen-bond acceptors (Lipinski definition) is 3. The van der Waals surface area contributed by atoms with Crippen molar-refractivity contribution in [1.82, 2.24) is 14.6 Å². The van der Waals surface area contributed by atoms with Gasteiger partial charge in [-0.2, -0.15) is 0 Å². The molecule has 1 aliphatic carbocycles. The van der Waals surface area contributed by atoms with E-state index in [-0.39, 0.29) is 30.0 Å². The van der Waals surface area contributed by atoms with E-state index in [1.165, 1.54) is 12.3 Å². The van der Waals surface area contributed by atoms with Crippen molar-refractivity contribution in [3.8, 4) is 11.3 Å². The van der Waals surface area contributed by atoms with E-state index in [1.807, 2.05) is 12.1 Å². The van der Waals surface area contributed by atoms with Crippen molar-refractivity contribution in [3.63, 3.8) is 0 Å². The Bertz CT molecular complexity index is 1060. The first-order valence-corrected chi connectivity index (χ1v) is 8.67. The molecular weight excluding hydrogens is 356 g/mol. The standard InChI is InChI=1S/C19H17F2N3O3/c20-19(21)7-5-12(6-8-19)11-1-3-13(4-2-11)15-9-16(25)24-17(23-15)14(10-22-24)18(26)27/h1-4,9-10,12,22H,5-8H2,(H,26,27). The Morgan fingerprint density at radius 3 is 2.52 bits per heavy atom. The monoisotopic (exact) mass is 373 g/mol. The van der Waals surface area contributed by atoms with E-state index in [0.29, 0.717) is 24.1 Å². The van der Waals surface area contributed by atoms with Crippen LogP contribution in [0.25, 0.3) is 16.9 Å². The van der Waals surface area contributed by atoms with Gasteiger partial charge in [0.15, 0.2) is 5.65 Å². The molecule has 1 fully saturated rings. The average Bonchev–Trinajstić information content (AvgIpc) is 3.07. The minimum absolute atomic E-state index is 0.0450. The second-order valence-corrected chi connectivity index (χ2v) is 6.88.